The maximum Gasteiger partial charge on any atom is -0.00923 e. The van der Waals surface area contributed by atoms with Gasteiger partial charge in [-0.2, -0.15) is 0 Å². The fraction of sp³-hybridized carbons (Fsp3) is 0. The van der Waals surface area contributed by atoms with Crippen LogP contribution in [0.2, 0.25) is 0 Å². The van der Waals surface area contributed by atoms with Gasteiger partial charge in [0.15, 0.2) is 0 Å². The lowest BCUT2D eigenvalue weighted by Crippen LogP contribution is -1.94. The van der Waals surface area contributed by atoms with Gasteiger partial charge in [0.1, 0.15) is 0 Å². The molecule has 0 bridgehead atoms. The Balaban J connectivity index is 1.31. The Kier molecular flexibility index (Phi) is 6.60. The van der Waals surface area contributed by atoms with Gasteiger partial charge in [-0.15, -0.1) is 0 Å². The first kappa shape index (κ1) is 28.5. The molecule has 0 amide bonds. The van der Waals surface area contributed by atoms with Crippen LogP contribution in [0.25, 0.3) is 98.4 Å². The summed E-state index contributed by atoms with van der Waals surface area (Å²) in [5.74, 6) is 0. The van der Waals surface area contributed by atoms with E-state index in [2.05, 4.69) is 194 Å². The molecule has 0 aliphatic carbocycles. The van der Waals surface area contributed by atoms with Crippen LogP contribution < -0.4 is 0 Å². The molecule has 0 unspecified atom stereocenters. The van der Waals surface area contributed by atoms with Crippen molar-refractivity contribution in [2.75, 3.05) is 0 Å². The number of fused-ring (bicyclic) bond motifs is 5. The van der Waals surface area contributed by atoms with Crippen molar-refractivity contribution in [3.8, 4) is 44.5 Å². The minimum atomic E-state index is 1.22. The Morgan fingerprint density at radius 2 is 0.380 bits per heavy atom. The molecule has 0 fully saturated rings. The van der Waals surface area contributed by atoms with Gasteiger partial charge in [-0.25, -0.2) is 0 Å². The molecule has 0 spiro atoms. The standard InChI is InChI=1S/C50H32/c1-3-13-35-25-43(23-21-33(35)11-1)45-27-37-15-5-7-17-39(37)29-47(45)49-31-41-19-9-10-20-42(41)32-50(49)48-30-40-18-8-6-16-38(40)28-46(48)44-24-22-34-12-2-4-14-36(34)26-44/h1-32H. The highest BCUT2D eigenvalue weighted by Gasteiger charge is 2.19. The van der Waals surface area contributed by atoms with E-state index in [0.717, 1.165) is 0 Å². The van der Waals surface area contributed by atoms with Crippen molar-refractivity contribution >= 4 is 53.9 Å². The number of rotatable bonds is 4. The molecule has 10 aromatic rings. The maximum absolute atomic E-state index is 2.42. The van der Waals surface area contributed by atoms with E-state index in [1.807, 2.05) is 0 Å². The third-order valence-corrected chi connectivity index (χ3v) is 10.4. The molecular weight excluding hydrogens is 601 g/mol. The predicted molar refractivity (Wildman–Crippen MR) is 216 cm³/mol. The van der Waals surface area contributed by atoms with E-state index in [-0.39, 0.29) is 0 Å². The lowest BCUT2D eigenvalue weighted by molar-refractivity contribution is 1.60. The lowest BCUT2D eigenvalue weighted by Gasteiger charge is -2.20. The van der Waals surface area contributed by atoms with E-state index in [1.54, 1.807) is 0 Å². The number of benzene rings is 10. The van der Waals surface area contributed by atoms with Crippen LogP contribution in [0.5, 0.6) is 0 Å². The summed E-state index contributed by atoms with van der Waals surface area (Å²) in [5.41, 5.74) is 9.84. The summed E-state index contributed by atoms with van der Waals surface area (Å²) in [7, 11) is 0. The Morgan fingerprint density at radius 1 is 0.160 bits per heavy atom. The van der Waals surface area contributed by atoms with Gasteiger partial charge in [-0.05, 0) is 147 Å². The summed E-state index contributed by atoms with van der Waals surface area (Å²) < 4.78 is 0. The highest BCUT2D eigenvalue weighted by molar-refractivity contribution is 6.08. The van der Waals surface area contributed by atoms with Crippen molar-refractivity contribution < 1.29 is 0 Å². The number of hydrogen-bond donors (Lipinski definition) is 0. The van der Waals surface area contributed by atoms with Crippen LogP contribution >= 0.6 is 0 Å². The van der Waals surface area contributed by atoms with Gasteiger partial charge in [0, 0.05) is 0 Å². The molecule has 0 saturated heterocycles. The van der Waals surface area contributed by atoms with Crippen LogP contribution in [-0.4, -0.2) is 0 Å². The first-order chi connectivity index (χ1) is 24.7. The van der Waals surface area contributed by atoms with E-state index in [4.69, 9.17) is 0 Å². The van der Waals surface area contributed by atoms with Crippen LogP contribution in [0, 0.1) is 0 Å². The smallest absolute Gasteiger partial charge is 0.00923 e. The molecule has 0 aliphatic rings. The van der Waals surface area contributed by atoms with Crippen LogP contribution in [0.1, 0.15) is 0 Å². The van der Waals surface area contributed by atoms with Gasteiger partial charge in [-0.1, -0.05) is 146 Å². The second-order valence-corrected chi connectivity index (χ2v) is 13.4. The van der Waals surface area contributed by atoms with Crippen LogP contribution in [0.15, 0.2) is 194 Å². The quantitative estimate of drug-likeness (QED) is 0.181. The Hall–Kier alpha value is -6.50. The zero-order valence-electron chi connectivity index (χ0n) is 27.5. The molecule has 0 N–H and O–H groups in total. The molecule has 232 valence electrons. The van der Waals surface area contributed by atoms with Crippen LogP contribution in [0.3, 0.4) is 0 Å². The van der Waals surface area contributed by atoms with E-state index in [0.29, 0.717) is 0 Å². The van der Waals surface area contributed by atoms with E-state index < -0.39 is 0 Å². The summed E-state index contributed by atoms with van der Waals surface area (Å²) in [6, 6.07) is 71.7. The Morgan fingerprint density at radius 3 is 0.680 bits per heavy atom. The average molecular weight is 633 g/mol. The summed E-state index contributed by atoms with van der Waals surface area (Å²) in [5, 5.41) is 12.4. The molecule has 0 saturated carbocycles. The third-order valence-electron chi connectivity index (χ3n) is 10.4. The molecule has 10 rings (SSSR count). The predicted octanol–water partition coefficient (Wildman–Crippen LogP) is 14.1. The fourth-order valence-corrected chi connectivity index (χ4v) is 7.80. The van der Waals surface area contributed by atoms with Gasteiger partial charge in [-0.3, -0.25) is 0 Å². The largest absolute Gasteiger partial charge is 0.0616 e. The normalized spacial score (nSPS) is 11.6. The van der Waals surface area contributed by atoms with Crippen molar-refractivity contribution in [1.82, 2.24) is 0 Å². The second-order valence-electron chi connectivity index (χ2n) is 13.4. The molecule has 0 nitrogen and oxygen atoms in total. The molecule has 0 radical (unpaired) electrons. The summed E-state index contributed by atoms with van der Waals surface area (Å²) in [6.45, 7) is 0. The van der Waals surface area contributed by atoms with E-state index in [1.165, 1.54) is 98.4 Å². The summed E-state index contributed by atoms with van der Waals surface area (Å²) in [6.07, 6.45) is 0. The van der Waals surface area contributed by atoms with Crippen molar-refractivity contribution in [3.63, 3.8) is 0 Å². The highest BCUT2D eigenvalue weighted by Crippen LogP contribution is 2.46. The molecule has 0 heteroatoms. The van der Waals surface area contributed by atoms with E-state index >= 15 is 0 Å². The summed E-state index contributed by atoms with van der Waals surface area (Å²) in [4.78, 5) is 0. The summed E-state index contributed by atoms with van der Waals surface area (Å²) >= 11 is 0. The maximum atomic E-state index is 2.42. The number of hydrogen-bond acceptors (Lipinski definition) is 0. The molecule has 0 aliphatic heterocycles. The van der Waals surface area contributed by atoms with Crippen molar-refractivity contribution in [2.45, 2.75) is 0 Å². The molecule has 0 heterocycles. The van der Waals surface area contributed by atoms with Gasteiger partial charge < -0.3 is 0 Å². The van der Waals surface area contributed by atoms with Crippen LogP contribution in [0.4, 0.5) is 0 Å². The average Bonchev–Trinajstić information content (AvgIpc) is 3.19. The van der Waals surface area contributed by atoms with Gasteiger partial charge in [0.2, 0.25) is 0 Å². The molecular formula is C50H32. The monoisotopic (exact) mass is 632 g/mol. The van der Waals surface area contributed by atoms with Gasteiger partial charge >= 0.3 is 0 Å². The second kappa shape index (κ2) is 11.6. The van der Waals surface area contributed by atoms with Crippen molar-refractivity contribution in [1.29, 1.82) is 0 Å². The SMILES string of the molecule is c1ccc2cc(-c3cc4ccccc4cc3-c3cc4ccccc4cc3-c3cc4ccccc4cc3-c3ccc4ccccc4c3)ccc2c1. The van der Waals surface area contributed by atoms with Gasteiger partial charge in [0.05, 0.1) is 0 Å². The van der Waals surface area contributed by atoms with Crippen molar-refractivity contribution in [3.05, 3.63) is 194 Å². The Labute approximate surface area is 291 Å². The lowest BCUT2D eigenvalue weighted by atomic mass is 9.83. The molecule has 10 aromatic carbocycles. The highest BCUT2D eigenvalue weighted by atomic mass is 14.2. The van der Waals surface area contributed by atoms with E-state index in [9.17, 15) is 0 Å². The molecule has 0 atom stereocenters. The Bertz CT molecular complexity index is 2730. The fourth-order valence-electron chi connectivity index (χ4n) is 7.80. The van der Waals surface area contributed by atoms with Gasteiger partial charge in [0.25, 0.3) is 0 Å². The first-order valence-electron chi connectivity index (χ1n) is 17.3. The molecule has 0 aromatic heterocycles. The topological polar surface area (TPSA) is 0 Å². The van der Waals surface area contributed by atoms with Crippen LogP contribution in [-0.2, 0) is 0 Å². The zero-order valence-corrected chi connectivity index (χ0v) is 27.5. The minimum Gasteiger partial charge on any atom is -0.0616 e. The zero-order chi connectivity index (χ0) is 33.0. The minimum absolute atomic E-state index is 1.22. The van der Waals surface area contributed by atoms with Crippen molar-refractivity contribution in [2.24, 2.45) is 0 Å². The first-order valence-corrected chi connectivity index (χ1v) is 17.3. The molecule has 50 heavy (non-hydrogen) atoms. The third kappa shape index (κ3) is 4.85.